The molecule has 0 atom stereocenters. The number of ether oxygens (including phenoxy) is 1. The number of hydrogen-bond donors (Lipinski definition) is 1. The van der Waals surface area contributed by atoms with Crippen LogP contribution in [-0.2, 0) is 26.1 Å². The van der Waals surface area contributed by atoms with E-state index in [1.54, 1.807) is 0 Å². The molecule has 0 aliphatic carbocycles. The summed E-state index contributed by atoms with van der Waals surface area (Å²) in [6, 6.07) is 5.82. The number of nitrogens with zero attached hydrogens (tertiary/aromatic N) is 1. The van der Waals surface area contributed by atoms with Crippen molar-refractivity contribution >= 4 is 38.9 Å². The Morgan fingerprint density at radius 3 is 2.45 bits per heavy atom. The Labute approximate surface area is 202 Å². The zero-order chi connectivity index (χ0) is 22.6. The van der Waals surface area contributed by atoms with Crippen molar-refractivity contribution in [3.05, 3.63) is 32.0 Å². The molecular formula is C24H37N2NiO3S. The second-order valence-electron chi connectivity index (χ2n) is 6.67. The number of carbonyl (C=O) groups excluding carboxylic acids is 2. The third-order valence-corrected chi connectivity index (χ3v) is 4.64. The summed E-state index contributed by atoms with van der Waals surface area (Å²) in [6.07, 6.45) is 11.2. The molecular weight excluding hydrogens is 455 g/mol. The molecule has 1 aromatic carbocycles. The zero-order valence-corrected chi connectivity index (χ0v) is 20.9. The maximum Gasteiger partial charge on any atom is 3.00 e. The SMILES string of the molecule is CCCCCC[C-]=O.[CH2-]CC.[CH2-]CCCCOc1cccc2sc(NC(C)=O)nc12.[Ni+3]. The van der Waals surface area contributed by atoms with Gasteiger partial charge in [-0.05, 0) is 18.6 Å². The van der Waals surface area contributed by atoms with Gasteiger partial charge in [0.05, 0.1) is 11.3 Å². The topological polar surface area (TPSA) is 68.3 Å². The molecule has 0 fully saturated rings. The summed E-state index contributed by atoms with van der Waals surface area (Å²) in [5, 5.41) is 3.31. The van der Waals surface area contributed by atoms with Crippen LogP contribution < -0.4 is 10.1 Å². The fourth-order valence-electron chi connectivity index (χ4n) is 2.33. The second kappa shape index (κ2) is 21.8. The van der Waals surface area contributed by atoms with Crippen LogP contribution in [-0.4, -0.2) is 23.8 Å². The first-order valence-electron chi connectivity index (χ1n) is 10.8. The largest absolute Gasteiger partial charge is 3.00 e. The summed E-state index contributed by atoms with van der Waals surface area (Å²) in [7, 11) is 0. The number of nitrogens with one attached hydrogen (secondary N) is 1. The third kappa shape index (κ3) is 15.9. The van der Waals surface area contributed by atoms with Crippen LogP contribution in [0.1, 0.15) is 78.6 Å². The van der Waals surface area contributed by atoms with Crippen molar-refractivity contribution in [1.29, 1.82) is 0 Å². The van der Waals surface area contributed by atoms with Crippen LogP contribution in [0.3, 0.4) is 0 Å². The predicted molar refractivity (Wildman–Crippen MR) is 129 cm³/mol. The smallest absolute Gasteiger partial charge is 0.542 e. The number of carbonyl (C=O) groups is 1. The van der Waals surface area contributed by atoms with E-state index in [0.717, 1.165) is 48.1 Å². The number of unbranched alkanes of at least 4 members (excludes halogenated alkanes) is 6. The monoisotopic (exact) mass is 491 g/mol. The minimum absolute atomic E-state index is 0. The van der Waals surface area contributed by atoms with E-state index in [9.17, 15) is 9.59 Å². The fourth-order valence-corrected chi connectivity index (χ4v) is 3.26. The molecule has 31 heavy (non-hydrogen) atoms. The molecule has 1 amide bonds. The molecule has 5 nitrogen and oxygen atoms in total. The van der Waals surface area contributed by atoms with Crippen LogP contribution in [0.2, 0.25) is 0 Å². The van der Waals surface area contributed by atoms with E-state index in [4.69, 9.17) is 4.74 Å². The van der Waals surface area contributed by atoms with Gasteiger partial charge in [-0.15, -0.1) is 0 Å². The summed E-state index contributed by atoms with van der Waals surface area (Å²) in [5.41, 5.74) is 0.811. The standard InChI is InChI=1S/C14H17N2O2S.C7H13O.C3H7.Ni/c1-3-4-5-9-18-11-7-6-8-12-13(11)16-14(19-12)15-10(2)17;1-2-3-4-5-6-7-8;1-3-2;/h6-8H,1,3-5,9H2,2H3,(H,15,16,17);2-6H2,1H3;1,3H2,2H3;/q3*-1;+3. The van der Waals surface area contributed by atoms with Gasteiger partial charge in [0.25, 0.3) is 0 Å². The van der Waals surface area contributed by atoms with Gasteiger partial charge in [-0.3, -0.25) is 11.1 Å². The number of hydrogen-bond acceptors (Lipinski definition) is 5. The molecule has 1 radical (unpaired) electrons. The van der Waals surface area contributed by atoms with E-state index in [1.165, 1.54) is 37.5 Å². The van der Waals surface area contributed by atoms with E-state index in [-0.39, 0.29) is 22.4 Å². The first kappa shape index (κ1) is 31.7. The van der Waals surface area contributed by atoms with Crippen LogP contribution in [0.5, 0.6) is 5.75 Å². The third-order valence-electron chi connectivity index (χ3n) is 3.70. The molecule has 0 bridgehead atoms. The maximum absolute atomic E-state index is 11.0. The molecule has 0 spiro atoms. The molecule has 0 aliphatic rings. The molecule has 2 aromatic rings. The van der Waals surface area contributed by atoms with Gasteiger partial charge in [0.15, 0.2) is 5.13 Å². The van der Waals surface area contributed by atoms with Crippen molar-refractivity contribution < 1.29 is 30.8 Å². The van der Waals surface area contributed by atoms with Crippen molar-refractivity contribution in [2.24, 2.45) is 0 Å². The van der Waals surface area contributed by atoms with Crippen LogP contribution in [0.4, 0.5) is 5.13 Å². The molecule has 0 saturated carbocycles. The minimum atomic E-state index is -0.114. The van der Waals surface area contributed by atoms with Crippen LogP contribution in [0, 0.1) is 13.8 Å². The van der Waals surface area contributed by atoms with Gasteiger partial charge in [-0.2, -0.15) is 19.3 Å². The summed E-state index contributed by atoms with van der Waals surface area (Å²) in [5.74, 6) is 0.659. The number of rotatable bonds is 11. The number of para-hydroxylation sites is 1. The minimum Gasteiger partial charge on any atom is -0.542 e. The average molecular weight is 492 g/mol. The van der Waals surface area contributed by atoms with Crippen molar-refractivity contribution in [3.8, 4) is 5.75 Å². The van der Waals surface area contributed by atoms with E-state index in [2.05, 4.69) is 31.1 Å². The van der Waals surface area contributed by atoms with Crippen LogP contribution in [0.25, 0.3) is 10.2 Å². The molecule has 177 valence electrons. The van der Waals surface area contributed by atoms with Crippen LogP contribution in [0.15, 0.2) is 18.2 Å². The number of benzene rings is 1. The van der Waals surface area contributed by atoms with E-state index in [0.29, 0.717) is 18.2 Å². The Morgan fingerprint density at radius 2 is 1.87 bits per heavy atom. The van der Waals surface area contributed by atoms with Gasteiger partial charge in [0.2, 0.25) is 5.91 Å². The maximum atomic E-state index is 11.0. The van der Waals surface area contributed by atoms with E-state index in [1.807, 2.05) is 31.4 Å². The summed E-state index contributed by atoms with van der Waals surface area (Å²) in [6.45, 7) is 13.6. The number of amides is 1. The molecule has 0 aliphatic heterocycles. The Morgan fingerprint density at radius 1 is 1.16 bits per heavy atom. The van der Waals surface area contributed by atoms with Gasteiger partial charge in [0, 0.05) is 6.92 Å². The molecule has 1 heterocycles. The fraction of sp³-hybridized carbons (Fsp3) is 0.542. The number of thiazole rings is 1. The summed E-state index contributed by atoms with van der Waals surface area (Å²) in [4.78, 5) is 25.1. The molecule has 2 rings (SSSR count). The second-order valence-corrected chi connectivity index (χ2v) is 7.70. The van der Waals surface area contributed by atoms with Gasteiger partial charge < -0.3 is 28.7 Å². The van der Waals surface area contributed by atoms with Crippen molar-refractivity contribution in [2.45, 2.75) is 78.6 Å². The number of aromatic nitrogens is 1. The molecule has 0 unspecified atom stereocenters. The Balaban J connectivity index is 0. The Hall–Kier alpha value is -1.46. The first-order valence-corrected chi connectivity index (χ1v) is 11.6. The quantitative estimate of drug-likeness (QED) is 0.210. The van der Waals surface area contributed by atoms with Gasteiger partial charge >= 0.3 is 16.5 Å². The first-order chi connectivity index (χ1) is 14.5. The Kier molecular flexibility index (Phi) is 22.3. The molecule has 7 heteroatoms. The summed E-state index contributed by atoms with van der Waals surface area (Å²) >= 11 is 1.45. The molecule has 0 saturated heterocycles. The number of anilines is 1. The van der Waals surface area contributed by atoms with Gasteiger partial charge in [-0.25, -0.2) is 4.98 Å². The van der Waals surface area contributed by atoms with E-state index < -0.39 is 0 Å². The van der Waals surface area contributed by atoms with E-state index >= 15 is 0 Å². The van der Waals surface area contributed by atoms with Gasteiger partial charge in [0.1, 0.15) is 11.3 Å². The Bertz CT molecular complexity index is 707. The number of fused-ring (bicyclic) bond motifs is 1. The normalized spacial score (nSPS) is 9.45. The van der Waals surface area contributed by atoms with Crippen molar-refractivity contribution in [3.63, 3.8) is 0 Å². The van der Waals surface area contributed by atoms with Crippen molar-refractivity contribution in [2.75, 3.05) is 11.9 Å². The molecule has 1 aromatic heterocycles. The van der Waals surface area contributed by atoms with Gasteiger partial charge in [-0.1, -0.05) is 63.4 Å². The zero-order valence-electron chi connectivity index (χ0n) is 19.1. The summed E-state index contributed by atoms with van der Waals surface area (Å²) < 4.78 is 6.76. The predicted octanol–water partition coefficient (Wildman–Crippen LogP) is 6.93. The van der Waals surface area contributed by atoms with Crippen LogP contribution >= 0.6 is 11.3 Å². The average Bonchev–Trinajstić information content (AvgIpc) is 3.12. The molecule has 1 N–H and O–H groups in total. The van der Waals surface area contributed by atoms with Crippen molar-refractivity contribution in [1.82, 2.24) is 4.98 Å².